The van der Waals surface area contributed by atoms with Crippen molar-refractivity contribution >= 4 is 5.97 Å². The van der Waals surface area contributed by atoms with Gasteiger partial charge in [-0.25, -0.2) is 9.18 Å². The molecule has 0 atom stereocenters. The van der Waals surface area contributed by atoms with Crippen molar-refractivity contribution in [3.05, 3.63) is 65.2 Å². The molecule has 1 aromatic carbocycles. The Bertz CT molecular complexity index is 569. The van der Waals surface area contributed by atoms with Gasteiger partial charge in [0.1, 0.15) is 5.82 Å². The maximum Gasteiger partial charge on any atom is 0.338 e. The van der Waals surface area contributed by atoms with Crippen LogP contribution in [0.1, 0.15) is 21.5 Å². The smallest absolute Gasteiger partial charge is 0.338 e. The molecule has 1 aromatic heterocycles. The molecule has 92 valence electrons. The molecular formula is C14H12FNO2. The van der Waals surface area contributed by atoms with Crippen LogP contribution in [0.4, 0.5) is 4.39 Å². The lowest BCUT2D eigenvalue weighted by Crippen LogP contribution is -2.06. The van der Waals surface area contributed by atoms with Crippen LogP contribution in [0.3, 0.4) is 0 Å². The van der Waals surface area contributed by atoms with Gasteiger partial charge in [0.05, 0.1) is 12.7 Å². The van der Waals surface area contributed by atoms with Crippen LogP contribution in [-0.2, 0) is 11.2 Å². The monoisotopic (exact) mass is 245 g/mol. The molecular weight excluding hydrogens is 233 g/mol. The van der Waals surface area contributed by atoms with E-state index in [1.54, 1.807) is 24.4 Å². The fraction of sp³-hybridized carbons (Fsp3) is 0.143. The first kappa shape index (κ1) is 12.2. The summed E-state index contributed by atoms with van der Waals surface area (Å²) < 4.78 is 17.8. The molecule has 0 N–H and O–H groups in total. The van der Waals surface area contributed by atoms with Crippen molar-refractivity contribution in [2.45, 2.75) is 6.42 Å². The third-order valence-corrected chi connectivity index (χ3v) is 2.59. The summed E-state index contributed by atoms with van der Waals surface area (Å²) in [5, 5.41) is 0. The van der Waals surface area contributed by atoms with Crippen LogP contribution < -0.4 is 0 Å². The molecule has 2 aromatic rings. The molecule has 0 aliphatic rings. The Morgan fingerprint density at radius 1 is 1.39 bits per heavy atom. The number of nitrogens with zero attached hydrogens (tertiary/aromatic N) is 1. The Morgan fingerprint density at radius 2 is 2.22 bits per heavy atom. The van der Waals surface area contributed by atoms with Crippen molar-refractivity contribution in [3.63, 3.8) is 0 Å². The average molecular weight is 245 g/mol. The highest BCUT2D eigenvalue weighted by Crippen LogP contribution is 2.15. The highest BCUT2D eigenvalue weighted by Gasteiger charge is 2.11. The zero-order valence-electron chi connectivity index (χ0n) is 9.89. The summed E-state index contributed by atoms with van der Waals surface area (Å²) in [6, 6.07) is 7.86. The first-order chi connectivity index (χ1) is 8.70. The van der Waals surface area contributed by atoms with E-state index in [-0.39, 0.29) is 5.82 Å². The van der Waals surface area contributed by atoms with Crippen LogP contribution in [0.5, 0.6) is 0 Å². The molecule has 2 rings (SSSR count). The Balaban J connectivity index is 2.32. The molecule has 1 heterocycles. The van der Waals surface area contributed by atoms with E-state index in [0.717, 1.165) is 11.1 Å². The van der Waals surface area contributed by atoms with E-state index in [0.29, 0.717) is 12.0 Å². The van der Waals surface area contributed by atoms with Crippen LogP contribution >= 0.6 is 0 Å². The second kappa shape index (κ2) is 5.40. The molecule has 0 saturated heterocycles. The van der Waals surface area contributed by atoms with Gasteiger partial charge >= 0.3 is 5.97 Å². The number of hydrogen-bond donors (Lipinski definition) is 0. The summed E-state index contributed by atoms with van der Waals surface area (Å²) in [7, 11) is 1.33. The molecule has 0 aliphatic heterocycles. The number of carbonyl (C=O) groups is 1. The summed E-state index contributed by atoms with van der Waals surface area (Å²) in [6.07, 6.45) is 3.56. The molecule has 4 heteroatoms. The van der Waals surface area contributed by atoms with E-state index < -0.39 is 5.97 Å². The molecule has 0 aliphatic carbocycles. The molecule has 0 amide bonds. The van der Waals surface area contributed by atoms with Crippen LogP contribution in [0.15, 0.2) is 42.7 Å². The van der Waals surface area contributed by atoms with Crippen molar-refractivity contribution in [2.75, 3.05) is 7.11 Å². The van der Waals surface area contributed by atoms with Gasteiger partial charge in [0, 0.05) is 12.4 Å². The first-order valence-electron chi connectivity index (χ1n) is 5.46. The fourth-order valence-electron chi connectivity index (χ4n) is 1.74. The SMILES string of the molecule is COC(=O)c1ccncc1Cc1cccc(F)c1. The van der Waals surface area contributed by atoms with E-state index in [4.69, 9.17) is 4.74 Å². The summed E-state index contributed by atoms with van der Waals surface area (Å²) in [4.78, 5) is 15.5. The van der Waals surface area contributed by atoms with Crippen molar-refractivity contribution < 1.29 is 13.9 Å². The second-order valence-corrected chi connectivity index (χ2v) is 3.83. The number of esters is 1. The quantitative estimate of drug-likeness (QED) is 0.780. The maximum atomic E-state index is 13.1. The number of aromatic nitrogens is 1. The summed E-state index contributed by atoms with van der Waals surface area (Å²) in [5.74, 6) is -0.709. The lowest BCUT2D eigenvalue weighted by atomic mass is 10.0. The number of halogens is 1. The molecule has 3 nitrogen and oxygen atoms in total. The van der Waals surface area contributed by atoms with Crippen molar-refractivity contribution in [2.24, 2.45) is 0 Å². The van der Waals surface area contributed by atoms with E-state index in [2.05, 4.69) is 4.98 Å². The lowest BCUT2D eigenvalue weighted by molar-refractivity contribution is 0.0599. The molecule has 18 heavy (non-hydrogen) atoms. The zero-order valence-corrected chi connectivity index (χ0v) is 9.89. The number of rotatable bonds is 3. The first-order valence-corrected chi connectivity index (χ1v) is 5.46. The number of benzene rings is 1. The van der Waals surface area contributed by atoms with Crippen LogP contribution in [0, 0.1) is 5.82 Å². The molecule has 0 bridgehead atoms. The zero-order chi connectivity index (χ0) is 13.0. The largest absolute Gasteiger partial charge is 0.465 e. The third-order valence-electron chi connectivity index (χ3n) is 2.59. The maximum absolute atomic E-state index is 13.1. The van der Waals surface area contributed by atoms with Gasteiger partial charge in [-0.15, -0.1) is 0 Å². The average Bonchev–Trinajstić information content (AvgIpc) is 2.38. The van der Waals surface area contributed by atoms with Crippen LogP contribution in [0.25, 0.3) is 0 Å². The summed E-state index contributed by atoms with van der Waals surface area (Å²) >= 11 is 0. The Labute approximate surface area is 104 Å². The van der Waals surface area contributed by atoms with Gasteiger partial charge < -0.3 is 4.74 Å². The van der Waals surface area contributed by atoms with Gasteiger partial charge in [-0.3, -0.25) is 4.98 Å². The Morgan fingerprint density at radius 3 is 2.94 bits per heavy atom. The standard InChI is InChI=1S/C14H12FNO2/c1-18-14(17)13-5-6-16-9-11(13)7-10-3-2-4-12(15)8-10/h2-6,8-9H,7H2,1H3. The van der Waals surface area contributed by atoms with E-state index >= 15 is 0 Å². The van der Waals surface area contributed by atoms with E-state index in [9.17, 15) is 9.18 Å². The highest BCUT2D eigenvalue weighted by atomic mass is 19.1. The van der Waals surface area contributed by atoms with Gasteiger partial charge in [-0.05, 0) is 35.7 Å². The normalized spacial score (nSPS) is 10.1. The number of methoxy groups -OCH3 is 1. The Hall–Kier alpha value is -2.23. The number of hydrogen-bond acceptors (Lipinski definition) is 3. The van der Waals surface area contributed by atoms with Gasteiger partial charge in [-0.1, -0.05) is 12.1 Å². The molecule has 0 spiro atoms. The Kier molecular flexibility index (Phi) is 3.67. The van der Waals surface area contributed by atoms with E-state index in [1.807, 2.05) is 0 Å². The highest BCUT2D eigenvalue weighted by molar-refractivity contribution is 5.90. The summed E-state index contributed by atoms with van der Waals surface area (Å²) in [5.41, 5.74) is 1.96. The molecule has 0 unspecified atom stereocenters. The van der Waals surface area contributed by atoms with E-state index in [1.165, 1.54) is 25.4 Å². The predicted octanol–water partition coefficient (Wildman–Crippen LogP) is 2.60. The predicted molar refractivity (Wildman–Crippen MR) is 64.8 cm³/mol. The molecule has 0 radical (unpaired) electrons. The van der Waals surface area contributed by atoms with Crippen LogP contribution in [0.2, 0.25) is 0 Å². The number of carbonyl (C=O) groups excluding carboxylic acids is 1. The minimum atomic E-state index is -0.413. The van der Waals surface area contributed by atoms with Crippen molar-refractivity contribution in [1.29, 1.82) is 0 Å². The van der Waals surface area contributed by atoms with Crippen molar-refractivity contribution in [1.82, 2.24) is 4.98 Å². The minimum absolute atomic E-state index is 0.295. The van der Waals surface area contributed by atoms with Gasteiger partial charge in [0.25, 0.3) is 0 Å². The van der Waals surface area contributed by atoms with Crippen molar-refractivity contribution in [3.8, 4) is 0 Å². The van der Waals surface area contributed by atoms with Gasteiger partial charge in [-0.2, -0.15) is 0 Å². The number of ether oxygens (including phenoxy) is 1. The lowest BCUT2D eigenvalue weighted by Gasteiger charge is -2.07. The molecule has 0 saturated carbocycles. The summed E-state index contributed by atoms with van der Waals surface area (Å²) in [6.45, 7) is 0. The van der Waals surface area contributed by atoms with Gasteiger partial charge in [0.2, 0.25) is 0 Å². The second-order valence-electron chi connectivity index (χ2n) is 3.83. The van der Waals surface area contributed by atoms with Gasteiger partial charge in [0.15, 0.2) is 0 Å². The third kappa shape index (κ3) is 2.71. The number of pyridine rings is 1. The van der Waals surface area contributed by atoms with Crippen LogP contribution in [-0.4, -0.2) is 18.1 Å². The minimum Gasteiger partial charge on any atom is -0.465 e. The topological polar surface area (TPSA) is 39.2 Å². The molecule has 0 fully saturated rings. The fourth-order valence-corrected chi connectivity index (χ4v) is 1.74.